The van der Waals surface area contributed by atoms with E-state index in [2.05, 4.69) is 10.6 Å². The highest BCUT2D eigenvalue weighted by molar-refractivity contribution is 5.85. The Hall–Kier alpha value is -1.95. The van der Waals surface area contributed by atoms with Crippen molar-refractivity contribution in [2.45, 2.75) is 24.5 Å². The van der Waals surface area contributed by atoms with Gasteiger partial charge >= 0.3 is 0 Å². The van der Waals surface area contributed by atoms with Gasteiger partial charge in [-0.2, -0.15) is 0 Å². The number of aliphatic hydroxyl groups excluding tert-OH is 1. The minimum Gasteiger partial charge on any atom is -0.387 e. The molecule has 1 heterocycles. The topological polar surface area (TPSA) is 70.6 Å². The van der Waals surface area contributed by atoms with Crippen molar-refractivity contribution in [3.8, 4) is 0 Å². The van der Waals surface area contributed by atoms with Gasteiger partial charge < -0.3 is 20.5 Å². The predicted molar refractivity (Wildman–Crippen MR) is 93.8 cm³/mol. The lowest BCUT2D eigenvalue weighted by atomic mass is 9.91. The molecule has 1 aliphatic heterocycles. The average molecular weight is 328 g/mol. The van der Waals surface area contributed by atoms with Gasteiger partial charge in [-0.25, -0.2) is 0 Å². The van der Waals surface area contributed by atoms with Gasteiger partial charge in [-0.1, -0.05) is 36.4 Å². The molecule has 0 bridgehead atoms. The summed E-state index contributed by atoms with van der Waals surface area (Å²) in [7, 11) is 1.57. The van der Waals surface area contributed by atoms with E-state index in [1.807, 2.05) is 42.5 Å². The summed E-state index contributed by atoms with van der Waals surface area (Å²) in [6.45, 7) is 1.69. The molecule has 24 heavy (non-hydrogen) atoms. The summed E-state index contributed by atoms with van der Waals surface area (Å²) in [6.07, 6.45) is 0.539. The summed E-state index contributed by atoms with van der Waals surface area (Å²) in [5.74, 6) is -0.147. The van der Waals surface area contributed by atoms with Crippen LogP contribution in [0, 0.1) is 0 Å². The molecule has 1 atom stereocenters. The third-order valence-corrected chi connectivity index (χ3v) is 4.83. The van der Waals surface area contributed by atoms with Crippen molar-refractivity contribution in [1.82, 2.24) is 10.6 Å². The Labute approximate surface area is 142 Å². The zero-order chi connectivity index (χ0) is 17.0. The highest BCUT2D eigenvalue weighted by atomic mass is 16.5. The first-order valence-corrected chi connectivity index (χ1v) is 8.35. The number of carbonyl (C=O) groups excluding carboxylic acids is 1. The second kappa shape index (κ2) is 7.30. The molecule has 3 rings (SSSR count). The highest BCUT2D eigenvalue weighted by Gasteiger charge is 2.39. The SMILES string of the molecule is COC1(C(=O)NCC(O)c2ccc3ccccc3c2)CCNCC1. The molecular weight excluding hydrogens is 304 g/mol. The van der Waals surface area contributed by atoms with Gasteiger partial charge in [-0.3, -0.25) is 4.79 Å². The van der Waals surface area contributed by atoms with Crippen LogP contribution in [0.3, 0.4) is 0 Å². The summed E-state index contributed by atoms with van der Waals surface area (Å²) in [6, 6.07) is 13.9. The molecule has 128 valence electrons. The molecular formula is C19H24N2O3. The van der Waals surface area contributed by atoms with E-state index in [-0.39, 0.29) is 12.5 Å². The van der Waals surface area contributed by atoms with Gasteiger partial charge in [-0.15, -0.1) is 0 Å². The molecule has 0 radical (unpaired) electrons. The fraction of sp³-hybridized carbons (Fsp3) is 0.421. The standard InChI is InChI=1S/C19H24N2O3/c1-24-19(8-10-20-11-9-19)18(23)21-13-17(22)16-7-6-14-4-2-3-5-15(14)12-16/h2-7,12,17,20,22H,8-11,13H2,1H3,(H,21,23). The number of ether oxygens (including phenoxy) is 1. The van der Waals surface area contributed by atoms with Gasteiger partial charge in [-0.05, 0) is 48.3 Å². The molecule has 3 N–H and O–H groups in total. The fourth-order valence-corrected chi connectivity index (χ4v) is 3.24. The number of hydrogen-bond acceptors (Lipinski definition) is 4. The number of piperidine rings is 1. The molecule has 0 spiro atoms. The maximum Gasteiger partial charge on any atom is 0.252 e. The van der Waals surface area contributed by atoms with Crippen molar-refractivity contribution in [1.29, 1.82) is 0 Å². The smallest absolute Gasteiger partial charge is 0.252 e. The van der Waals surface area contributed by atoms with Crippen LogP contribution in [-0.4, -0.2) is 43.4 Å². The molecule has 0 aliphatic carbocycles. The summed E-state index contributed by atoms with van der Waals surface area (Å²) in [4.78, 5) is 12.5. The first-order valence-electron chi connectivity index (χ1n) is 8.35. The molecule has 0 aromatic heterocycles. The number of rotatable bonds is 5. The third kappa shape index (κ3) is 3.43. The number of fused-ring (bicyclic) bond motifs is 1. The van der Waals surface area contributed by atoms with Crippen LogP contribution < -0.4 is 10.6 Å². The Morgan fingerprint density at radius 2 is 1.96 bits per heavy atom. The van der Waals surface area contributed by atoms with Gasteiger partial charge in [0.05, 0.1) is 6.10 Å². The maximum absolute atomic E-state index is 12.5. The zero-order valence-corrected chi connectivity index (χ0v) is 13.9. The van der Waals surface area contributed by atoms with Gasteiger partial charge in [0.25, 0.3) is 5.91 Å². The minimum absolute atomic E-state index is 0.147. The van der Waals surface area contributed by atoms with Crippen molar-refractivity contribution in [3.63, 3.8) is 0 Å². The summed E-state index contributed by atoms with van der Waals surface area (Å²) in [5.41, 5.74) is 0.0136. The van der Waals surface area contributed by atoms with Crippen molar-refractivity contribution in [2.24, 2.45) is 0 Å². The monoisotopic (exact) mass is 328 g/mol. The summed E-state index contributed by atoms with van der Waals surface area (Å²) < 4.78 is 5.50. The van der Waals surface area contributed by atoms with E-state index in [4.69, 9.17) is 4.74 Å². The van der Waals surface area contributed by atoms with E-state index in [1.54, 1.807) is 7.11 Å². The minimum atomic E-state index is -0.783. The molecule has 1 saturated heterocycles. The van der Waals surface area contributed by atoms with Crippen LogP contribution in [0.4, 0.5) is 0 Å². The molecule has 2 aromatic carbocycles. The lowest BCUT2D eigenvalue weighted by molar-refractivity contribution is -0.147. The van der Waals surface area contributed by atoms with Crippen LogP contribution in [0.15, 0.2) is 42.5 Å². The van der Waals surface area contributed by atoms with E-state index in [1.165, 1.54) is 0 Å². The Balaban J connectivity index is 1.65. The molecule has 1 aliphatic rings. The highest BCUT2D eigenvalue weighted by Crippen LogP contribution is 2.24. The molecule has 0 saturated carbocycles. The average Bonchev–Trinajstić information content (AvgIpc) is 2.65. The lowest BCUT2D eigenvalue weighted by Gasteiger charge is -2.35. The van der Waals surface area contributed by atoms with Crippen LogP contribution >= 0.6 is 0 Å². The summed E-state index contributed by atoms with van der Waals surface area (Å²) >= 11 is 0. The van der Waals surface area contributed by atoms with Crippen molar-refractivity contribution >= 4 is 16.7 Å². The molecule has 1 unspecified atom stereocenters. The summed E-state index contributed by atoms with van der Waals surface area (Å²) in [5, 5.41) is 18.7. The molecule has 1 amide bonds. The third-order valence-electron chi connectivity index (χ3n) is 4.83. The lowest BCUT2D eigenvalue weighted by Crippen LogP contribution is -2.54. The van der Waals surface area contributed by atoms with Gasteiger partial charge in [0.15, 0.2) is 0 Å². The van der Waals surface area contributed by atoms with Crippen LogP contribution in [0.1, 0.15) is 24.5 Å². The normalized spacial score (nSPS) is 18.2. The van der Waals surface area contributed by atoms with E-state index >= 15 is 0 Å². The first-order chi connectivity index (χ1) is 11.6. The first kappa shape index (κ1) is 16.9. The Morgan fingerprint density at radius 3 is 2.67 bits per heavy atom. The van der Waals surface area contributed by atoms with Crippen molar-refractivity contribution in [2.75, 3.05) is 26.7 Å². The molecule has 5 heteroatoms. The van der Waals surface area contributed by atoms with Crippen molar-refractivity contribution in [3.05, 3.63) is 48.0 Å². The number of hydrogen-bond donors (Lipinski definition) is 3. The van der Waals surface area contributed by atoms with Crippen molar-refractivity contribution < 1.29 is 14.6 Å². The van der Waals surface area contributed by atoms with E-state index in [0.717, 1.165) is 29.4 Å². The maximum atomic E-state index is 12.5. The van der Waals surface area contributed by atoms with Gasteiger partial charge in [0.2, 0.25) is 0 Å². The molecule has 2 aromatic rings. The Kier molecular flexibility index (Phi) is 5.14. The zero-order valence-electron chi connectivity index (χ0n) is 13.9. The number of nitrogens with one attached hydrogen (secondary N) is 2. The number of amides is 1. The van der Waals surface area contributed by atoms with E-state index < -0.39 is 11.7 Å². The van der Waals surface area contributed by atoms with Gasteiger partial charge in [0.1, 0.15) is 5.60 Å². The van der Waals surface area contributed by atoms with Crippen LogP contribution in [-0.2, 0) is 9.53 Å². The second-order valence-electron chi connectivity index (χ2n) is 6.28. The van der Waals surface area contributed by atoms with E-state index in [0.29, 0.717) is 12.8 Å². The largest absolute Gasteiger partial charge is 0.387 e. The van der Waals surface area contributed by atoms with Crippen LogP contribution in [0.25, 0.3) is 10.8 Å². The fourth-order valence-electron chi connectivity index (χ4n) is 3.24. The quantitative estimate of drug-likeness (QED) is 0.782. The number of benzene rings is 2. The molecule has 5 nitrogen and oxygen atoms in total. The molecule has 1 fully saturated rings. The Morgan fingerprint density at radius 1 is 1.25 bits per heavy atom. The van der Waals surface area contributed by atoms with Crippen LogP contribution in [0.2, 0.25) is 0 Å². The number of methoxy groups -OCH3 is 1. The van der Waals surface area contributed by atoms with Gasteiger partial charge in [0, 0.05) is 13.7 Å². The number of aliphatic hydroxyl groups is 1. The van der Waals surface area contributed by atoms with Crippen LogP contribution in [0.5, 0.6) is 0 Å². The second-order valence-corrected chi connectivity index (χ2v) is 6.28. The number of carbonyl (C=O) groups is 1. The van der Waals surface area contributed by atoms with E-state index in [9.17, 15) is 9.90 Å². The predicted octanol–water partition coefficient (Wildman–Crippen LogP) is 1.76. The Bertz CT molecular complexity index is 711.